The number of aromatic nitrogens is 1. The van der Waals surface area contributed by atoms with Crippen LogP contribution >= 0.6 is 23.1 Å². The zero-order valence-electron chi connectivity index (χ0n) is 10.0. The third-order valence-electron chi connectivity index (χ3n) is 2.81. The van der Waals surface area contributed by atoms with Crippen LogP contribution in [0, 0.1) is 0 Å². The second-order valence-corrected chi connectivity index (χ2v) is 6.79. The number of hydrogen-bond acceptors (Lipinski definition) is 4. The topological polar surface area (TPSA) is 24.9 Å². The van der Waals surface area contributed by atoms with Crippen molar-refractivity contribution in [2.24, 2.45) is 0 Å². The summed E-state index contributed by atoms with van der Waals surface area (Å²) in [4.78, 5) is 4.65. The molecule has 90 valence electrons. The van der Waals surface area contributed by atoms with Crippen LogP contribution in [0.5, 0.6) is 0 Å². The smallest absolute Gasteiger partial charge is 0.103 e. The van der Waals surface area contributed by atoms with Crippen molar-refractivity contribution < 1.29 is 0 Å². The highest BCUT2D eigenvalue weighted by molar-refractivity contribution is 7.99. The molecule has 0 radical (unpaired) electrons. The Morgan fingerprint density at radius 3 is 3.12 bits per heavy atom. The fourth-order valence-corrected chi connectivity index (χ4v) is 3.15. The van der Waals surface area contributed by atoms with E-state index in [0.717, 1.165) is 23.6 Å². The van der Waals surface area contributed by atoms with Crippen molar-refractivity contribution in [3.63, 3.8) is 0 Å². The second-order valence-electron chi connectivity index (χ2n) is 4.42. The Labute approximate surface area is 106 Å². The van der Waals surface area contributed by atoms with Crippen molar-refractivity contribution in [1.29, 1.82) is 0 Å². The summed E-state index contributed by atoms with van der Waals surface area (Å²) in [5.74, 6) is 1.07. The highest BCUT2D eigenvalue weighted by Crippen LogP contribution is 2.23. The fourth-order valence-electron chi connectivity index (χ4n) is 1.36. The minimum Gasteiger partial charge on any atom is -0.308 e. The predicted octanol–water partition coefficient (Wildman–Crippen LogP) is 3.43. The lowest BCUT2D eigenvalue weighted by Crippen LogP contribution is -2.15. The molecule has 1 aliphatic rings. The van der Waals surface area contributed by atoms with E-state index in [-0.39, 0.29) is 0 Å². The number of nitrogens with one attached hydrogen (secondary N) is 1. The normalized spacial score (nSPS) is 17.6. The molecule has 1 aliphatic carbocycles. The standard InChI is InChI=1S/C12H20N2S2/c1-3-9(2)15-8-12-14-11(7-16-12)6-13-10-4-5-10/h7,9-10,13H,3-6,8H2,1-2H3. The monoisotopic (exact) mass is 256 g/mol. The summed E-state index contributed by atoms with van der Waals surface area (Å²) in [6.07, 6.45) is 3.94. The van der Waals surface area contributed by atoms with E-state index in [2.05, 4.69) is 29.5 Å². The SMILES string of the molecule is CCC(C)SCc1nc(CNC2CC2)cs1. The van der Waals surface area contributed by atoms with Gasteiger partial charge in [-0.1, -0.05) is 13.8 Å². The molecule has 1 fully saturated rings. The van der Waals surface area contributed by atoms with Crippen molar-refractivity contribution in [3.05, 3.63) is 16.1 Å². The maximum Gasteiger partial charge on any atom is 0.103 e. The van der Waals surface area contributed by atoms with Crippen LogP contribution in [-0.4, -0.2) is 16.3 Å². The first-order chi connectivity index (χ1) is 7.78. The van der Waals surface area contributed by atoms with Crippen molar-refractivity contribution in [2.45, 2.75) is 56.7 Å². The van der Waals surface area contributed by atoms with E-state index in [4.69, 9.17) is 0 Å². The number of nitrogens with zero attached hydrogens (tertiary/aromatic N) is 1. The minimum atomic E-state index is 0.747. The average Bonchev–Trinajstić information content (AvgIpc) is 3.02. The Morgan fingerprint density at radius 1 is 1.62 bits per heavy atom. The Bertz CT molecular complexity index is 321. The van der Waals surface area contributed by atoms with Crippen LogP contribution in [0.3, 0.4) is 0 Å². The van der Waals surface area contributed by atoms with Crippen LogP contribution in [0.15, 0.2) is 5.38 Å². The first-order valence-electron chi connectivity index (χ1n) is 6.06. The largest absolute Gasteiger partial charge is 0.308 e. The van der Waals surface area contributed by atoms with Crippen LogP contribution in [0.4, 0.5) is 0 Å². The zero-order chi connectivity index (χ0) is 11.4. The van der Waals surface area contributed by atoms with Crippen molar-refractivity contribution in [1.82, 2.24) is 10.3 Å². The number of hydrogen-bond donors (Lipinski definition) is 1. The number of thiazole rings is 1. The maximum atomic E-state index is 4.65. The van der Waals surface area contributed by atoms with Gasteiger partial charge in [0.1, 0.15) is 5.01 Å². The Morgan fingerprint density at radius 2 is 2.44 bits per heavy atom. The molecule has 0 bridgehead atoms. The molecule has 1 saturated carbocycles. The second kappa shape index (κ2) is 6.03. The van der Waals surface area contributed by atoms with E-state index in [0.29, 0.717) is 0 Å². The van der Waals surface area contributed by atoms with Gasteiger partial charge in [-0.3, -0.25) is 0 Å². The Hall–Kier alpha value is -0.0600. The van der Waals surface area contributed by atoms with Gasteiger partial charge >= 0.3 is 0 Å². The van der Waals surface area contributed by atoms with Crippen molar-refractivity contribution in [2.75, 3.05) is 0 Å². The maximum absolute atomic E-state index is 4.65. The molecule has 0 saturated heterocycles. The van der Waals surface area contributed by atoms with Gasteiger partial charge in [-0.15, -0.1) is 11.3 Å². The van der Waals surface area contributed by atoms with Gasteiger partial charge in [0.05, 0.1) is 5.69 Å². The van der Waals surface area contributed by atoms with Gasteiger partial charge in [-0.2, -0.15) is 11.8 Å². The highest BCUT2D eigenvalue weighted by Gasteiger charge is 2.20. The molecular formula is C12H20N2S2. The van der Waals surface area contributed by atoms with Gasteiger partial charge in [0.15, 0.2) is 0 Å². The summed E-state index contributed by atoms with van der Waals surface area (Å²) in [6, 6.07) is 0.777. The molecule has 0 aromatic carbocycles. The molecule has 0 aliphatic heterocycles. The van der Waals surface area contributed by atoms with Gasteiger partial charge in [0.2, 0.25) is 0 Å². The molecule has 4 heteroatoms. The molecule has 16 heavy (non-hydrogen) atoms. The molecule has 1 aromatic rings. The molecule has 0 amide bonds. The lowest BCUT2D eigenvalue weighted by atomic mass is 10.4. The molecule has 1 heterocycles. The van der Waals surface area contributed by atoms with Gasteiger partial charge in [0.25, 0.3) is 0 Å². The summed E-state index contributed by atoms with van der Waals surface area (Å²) in [5.41, 5.74) is 1.22. The molecule has 1 aromatic heterocycles. The summed E-state index contributed by atoms with van der Waals surface area (Å²) < 4.78 is 0. The summed E-state index contributed by atoms with van der Waals surface area (Å²) in [5, 5.41) is 7.72. The van der Waals surface area contributed by atoms with Crippen LogP contribution in [0.1, 0.15) is 43.8 Å². The first-order valence-corrected chi connectivity index (χ1v) is 7.99. The van der Waals surface area contributed by atoms with Crippen LogP contribution in [0.25, 0.3) is 0 Å². The summed E-state index contributed by atoms with van der Waals surface area (Å²) in [7, 11) is 0. The van der Waals surface area contributed by atoms with Gasteiger partial charge < -0.3 is 5.32 Å². The quantitative estimate of drug-likeness (QED) is 0.809. The van der Waals surface area contributed by atoms with E-state index in [1.54, 1.807) is 11.3 Å². The van der Waals surface area contributed by atoms with Gasteiger partial charge in [-0.25, -0.2) is 4.98 Å². The molecule has 1 N–H and O–H groups in total. The van der Waals surface area contributed by atoms with Crippen LogP contribution < -0.4 is 5.32 Å². The Balaban J connectivity index is 1.72. The van der Waals surface area contributed by atoms with Crippen LogP contribution in [0.2, 0.25) is 0 Å². The lowest BCUT2D eigenvalue weighted by molar-refractivity contribution is 0.676. The van der Waals surface area contributed by atoms with E-state index < -0.39 is 0 Å². The first kappa shape index (κ1) is 12.4. The Kier molecular flexibility index (Phi) is 4.67. The molecule has 1 atom stereocenters. The minimum absolute atomic E-state index is 0.747. The third kappa shape index (κ3) is 4.07. The van der Waals surface area contributed by atoms with Crippen LogP contribution in [-0.2, 0) is 12.3 Å². The highest BCUT2D eigenvalue weighted by atomic mass is 32.2. The fraction of sp³-hybridized carbons (Fsp3) is 0.750. The number of thioether (sulfide) groups is 1. The van der Waals surface area contributed by atoms with Gasteiger partial charge in [0, 0.05) is 29.0 Å². The third-order valence-corrected chi connectivity index (χ3v) is 5.24. The van der Waals surface area contributed by atoms with Crippen molar-refractivity contribution in [3.8, 4) is 0 Å². The lowest BCUT2D eigenvalue weighted by Gasteiger charge is -2.05. The summed E-state index contributed by atoms with van der Waals surface area (Å²) >= 11 is 3.81. The predicted molar refractivity (Wildman–Crippen MR) is 73.0 cm³/mol. The van der Waals surface area contributed by atoms with E-state index in [9.17, 15) is 0 Å². The molecular weight excluding hydrogens is 236 g/mol. The van der Waals surface area contributed by atoms with Gasteiger partial charge in [-0.05, 0) is 19.3 Å². The summed E-state index contributed by atoms with van der Waals surface area (Å²) in [6.45, 7) is 5.48. The molecule has 0 spiro atoms. The van der Waals surface area contributed by atoms with Crippen molar-refractivity contribution >= 4 is 23.1 Å². The molecule has 1 unspecified atom stereocenters. The van der Waals surface area contributed by atoms with E-state index >= 15 is 0 Å². The number of rotatable bonds is 7. The average molecular weight is 256 g/mol. The van der Waals surface area contributed by atoms with E-state index in [1.165, 1.54) is 30.0 Å². The molecule has 2 nitrogen and oxygen atoms in total. The van der Waals surface area contributed by atoms with E-state index in [1.807, 2.05) is 11.8 Å². The molecule has 2 rings (SSSR count). The zero-order valence-corrected chi connectivity index (χ0v) is 11.7.